The van der Waals surface area contributed by atoms with Gasteiger partial charge in [-0.1, -0.05) is 33.6 Å². The lowest BCUT2D eigenvalue weighted by atomic mass is 9.76. The van der Waals surface area contributed by atoms with Crippen molar-refractivity contribution in [2.45, 2.75) is 77.9 Å². The molecular formula is C17H30N2O. The maximum atomic E-state index is 12.8. The molecule has 20 heavy (non-hydrogen) atoms. The Labute approximate surface area is 123 Å². The summed E-state index contributed by atoms with van der Waals surface area (Å²) < 4.78 is 0. The molecule has 3 heteroatoms. The van der Waals surface area contributed by atoms with Gasteiger partial charge >= 0.3 is 0 Å². The first-order valence-corrected chi connectivity index (χ1v) is 8.53. The molecule has 1 aliphatic carbocycles. The van der Waals surface area contributed by atoms with Crippen molar-refractivity contribution in [3.8, 4) is 0 Å². The zero-order valence-corrected chi connectivity index (χ0v) is 13.3. The molecule has 4 unspecified atom stereocenters. The van der Waals surface area contributed by atoms with E-state index in [0.717, 1.165) is 25.3 Å². The molecule has 114 valence electrons. The molecule has 2 saturated heterocycles. The molecule has 1 amide bonds. The van der Waals surface area contributed by atoms with E-state index in [2.05, 4.69) is 31.0 Å². The van der Waals surface area contributed by atoms with E-state index < -0.39 is 0 Å². The normalized spacial score (nSPS) is 39.0. The number of carbonyl (C=O) groups excluding carboxylic acids is 1. The van der Waals surface area contributed by atoms with E-state index in [1.54, 1.807) is 0 Å². The maximum Gasteiger partial charge on any atom is 0.228 e. The molecule has 0 spiro atoms. The van der Waals surface area contributed by atoms with E-state index in [1.165, 1.54) is 32.1 Å². The van der Waals surface area contributed by atoms with Gasteiger partial charge in [-0.3, -0.25) is 10.1 Å². The summed E-state index contributed by atoms with van der Waals surface area (Å²) in [6.07, 6.45) is 8.70. The first kappa shape index (κ1) is 14.4. The summed E-state index contributed by atoms with van der Waals surface area (Å²) in [5.74, 6) is 1.46. The van der Waals surface area contributed by atoms with Gasteiger partial charge in [0.1, 0.15) is 0 Å². The third-order valence-corrected chi connectivity index (χ3v) is 5.88. The van der Waals surface area contributed by atoms with Crippen molar-refractivity contribution in [1.82, 2.24) is 10.2 Å². The van der Waals surface area contributed by atoms with E-state index in [9.17, 15) is 4.79 Å². The largest absolute Gasteiger partial charge is 0.327 e. The topological polar surface area (TPSA) is 32.3 Å². The van der Waals surface area contributed by atoms with Gasteiger partial charge < -0.3 is 4.90 Å². The first-order chi connectivity index (χ1) is 9.47. The van der Waals surface area contributed by atoms with Crippen LogP contribution in [0.3, 0.4) is 0 Å². The number of fused-ring (bicyclic) bond motifs is 2. The first-order valence-electron chi connectivity index (χ1n) is 8.53. The second kappa shape index (κ2) is 5.32. The van der Waals surface area contributed by atoms with Crippen molar-refractivity contribution < 1.29 is 4.79 Å². The van der Waals surface area contributed by atoms with Crippen molar-refractivity contribution in [2.24, 2.45) is 17.3 Å². The average Bonchev–Trinajstić information content (AvgIpc) is 2.61. The van der Waals surface area contributed by atoms with E-state index in [0.29, 0.717) is 23.5 Å². The van der Waals surface area contributed by atoms with Crippen LogP contribution in [0.25, 0.3) is 0 Å². The number of hydrogen-bond donors (Lipinski definition) is 1. The van der Waals surface area contributed by atoms with Crippen molar-refractivity contribution in [2.75, 3.05) is 6.54 Å². The SMILES string of the molecule is CC(C)(C)C1CCC2NC3CCCCC3C(=O)N2CC1. The molecule has 3 rings (SSSR count). The number of nitrogens with zero attached hydrogens (tertiary/aromatic N) is 1. The molecule has 2 heterocycles. The van der Waals surface area contributed by atoms with Crippen LogP contribution < -0.4 is 5.32 Å². The second-order valence-electron chi connectivity index (χ2n) is 8.14. The highest BCUT2D eigenvalue weighted by molar-refractivity contribution is 5.81. The Hall–Kier alpha value is -0.570. The molecular weight excluding hydrogens is 248 g/mol. The lowest BCUT2D eigenvalue weighted by Crippen LogP contribution is -2.63. The monoisotopic (exact) mass is 278 g/mol. The fraction of sp³-hybridized carbons (Fsp3) is 0.941. The molecule has 4 atom stereocenters. The van der Waals surface area contributed by atoms with Gasteiger partial charge in [-0.05, 0) is 43.4 Å². The molecule has 0 aromatic heterocycles. The molecule has 0 bridgehead atoms. The standard InChI is InChI=1S/C17H30N2O/c1-17(2,3)12-8-9-15-18-14-7-5-4-6-13(14)16(20)19(15)11-10-12/h12-15,18H,4-11H2,1-3H3. The van der Waals surface area contributed by atoms with Gasteiger partial charge in [0.15, 0.2) is 0 Å². The van der Waals surface area contributed by atoms with Crippen molar-refractivity contribution in [3.63, 3.8) is 0 Å². The minimum atomic E-state index is 0.270. The summed E-state index contributed by atoms with van der Waals surface area (Å²) in [6.45, 7) is 7.99. The quantitative estimate of drug-likeness (QED) is 0.738. The lowest BCUT2D eigenvalue weighted by Gasteiger charge is -2.45. The van der Waals surface area contributed by atoms with Gasteiger partial charge in [-0.15, -0.1) is 0 Å². The summed E-state index contributed by atoms with van der Waals surface area (Å²) in [6, 6.07) is 0.462. The Bertz CT molecular complexity index is 374. The van der Waals surface area contributed by atoms with Crippen LogP contribution in [0.1, 0.15) is 65.7 Å². The van der Waals surface area contributed by atoms with Crippen LogP contribution >= 0.6 is 0 Å². The molecule has 0 radical (unpaired) electrons. The Morgan fingerprint density at radius 1 is 1.05 bits per heavy atom. The molecule has 3 nitrogen and oxygen atoms in total. The summed E-state index contributed by atoms with van der Waals surface area (Å²) in [7, 11) is 0. The van der Waals surface area contributed by atoms with E-state index >= 15 is 0 Å². The fourth-order valence-corrected chi connectivity index (χ4v) is 4.50. The van der Waals surface area contributed by atoms with Crippen molar-refractivity contribution in [1.29, 1.82) is 0 Å². The van der Waals surface area contributed by atoms with Crippen LogP contribution in [-0.2, 0) is 4.79 Å². The second-order valence-corrected chi connectivity index (χ2v) is 8.14. The van der Waals surface area contributed by atoms with E-state index in [-0.39, 0.29) is 5.92 Å². The van der Waals surface area contributed by atoms with Crippen LogP contribution in [0.4, 0.5) is 0 Å². The molecule has 2 aliphatic heterocycles. The third-order valence-electron chi connectivity index (χ3n) is 5.88. The lowest BCUT2D eigenvalue weighted by molar-refractivity contribution is -0.146. The molecule has 3 fully saturated rings. The van der Waals surface area contributed by atoms with Crippen LogP contribution in [0.15, 0.2) is 0 Å². The van der Waals surface area contributed by atoms with E-state index in [4.69, 9.17) is 0 Å². The van der Waals surface area contributed by atoms with Gasteiger partial charge in [-0.2, -0.15) is 0 Å². The van der Waals surface area contributed by atoms with Crippen LogP contribution in [0.5, 0.6) is 0 Å². The molecule has 1 N–H and O–H groups in total. The predicted molar refractivity (Wildman–Crippen MR) is 81.2 cm³/mol. The van der Waals surface area contributed by atoms with Gasteiger partial charge in [0.2, 0.25) is 5.91 Å². The Balaban J connectivity index is 1.73. The van der Waals surface area contributed by atoms with Crippen molar-refractivity contribution in [3.05, 3.63) is 0 Å². The minimum absolute atomic E-state index is 0.270. The number of hydrogen-bond acceptors (Lipinski definition) is 2. The number of carbonyl (C=O) groups is 1. The summed E-state index contributed by atoms with van der Waals surface area (Å²) >= 11 is 0. The predicted octanol–water partition coefficient (Wildman–Crippen LogP) is 3.15. The number of nitrogens with one attached hydrogen (secondary N) is 1. The zero-order valence-electron chi connectivity index (χ0n) is 13.3. The molecule has 3 aliphatic rings. The van der Waals surface area contributed by atoms with Gasteiger partial charge in [0, 0.05) is 12.6 Å². The zero-order chi connectivity index (χ0) is 14.3. The number of rotatable bonds is 0. The number of amides is 1. The van der Waals surface area contributed by atoms with Crippen molar-refractivity contribution >= 4 is 5.91 Å². The molecule has 0 aromatic rings. The highest BCUT2D eigenvalue weighted by Crippen LogP contribution is 2.38. The third kappa shape index (κ3) is 2.61. The Morgan fingerprint density at radius 3 is 2.55 bits per heavy atom. The average molecular weight is 278 g/mol. The summed E-state index contributed by atoms with van der Waals surface area (Å²) in [5, 5.41) is 3.80. The summed E-state index contributed by atoms with van der Waals surface area (Å²) in [4.78, 5) is 15.0. The maximum absolute atomic E-state index is 12.8. The summed E-state index contributed by atoms with van der Waals surface area (Å²) in [5.41, 5.74) is 0.365. The Morgan fingerprint density at radius 2 is 1.80 bits per heavy atom. The van der Waals surface area contributed by atoms with E-state index in [1.807, 2.05) is 0 Å². The van der Waals surface area contributed by atoms with Crippen LogP contribution in [-0.4, -0.2) is 29.6 Å². The Kier molecular flexibility index (Phi) is 3.83. The highest BCUT2D eigenvalue weighted by atomic mass is 16.2. The van der Waals surface area contributed by atoms with Gasteiger partial charge in [0.25, 0.3) is 0 Å². The fourth-order valence-electron chi connectivity index (χ4n) is 4.50. The van der Waals surface area contributed by atoms with Gasteiger partial charge in [-0.25, -0.2) is 0 Å². The van der Waals surface area contributed by atoms with Gasteiger partial charge in [0.05, 0.1) is 12.1 Å². The minimum Gasteiger partial charge on any atom is -0.327 e. The molecule has 1 saturated carbocycles. The highest BCUT2D eigenvalue weighted by Gasteiger charge is 2.43. The smallest absolute Gasteiger partial charge is 0.228 e. The van der Waals surface area contributed by atoms with Crippen LogP contribution in [0, 0.1) is 17.3 Å². The van der Waals surface area contributed by atoms with Crippen LogP contribution in [0.2, 0.25) is 0 Å². The molecule has 0 aromatic carbocycles.